The van der Waals surface area contributed by atoms with Crippen molar-refractivity contribution in [2.75, 3.05) is 18.6 Å². The SMILES string of the molecule is COC(C(=O)NN=Cc1ccc(OC2CSC2)cc1)c1ccccc1. The first-order chi connectivity index (χ1) is 12.3. The van der Waals surface area contributed by atoms with Crippen molar-refractivity contribution in [3.05, 3.63) is 65.7 Å². The van der Waals surface area contributed by atoms with Crippen LogP contribution in [0.25, 0.3) is 0 Å². The molecule has 6 heteroatoms. The molecule has 3 rings (SSSR count). The van der Waals surface area contributed by atoms with Crippen LogP contribution in [-0.2, 0) is 9.53 Å². The van der Waals surface area contributed by atoms with Gasteiger partial charge >= 0.3 is 0 Å². The number of hydrogen-bond donors (Lipinski definition) is 1. The lowest BCUT2D eigenvalue weighted by Gasteiger charge is -2.25. The van der Waals surface area contributed by atoms with Gasteiger partial charge in [0.2, 0.25) is 0 Å². The first-order valence-corrected chi connectivity index (χ1v) is 9.17. The number of hydrazone groups is 1. The lowest BCUT2D eigenvalue weighted by molar-refractivity contribution is -0.131. The molecule has 25 heavy (non-hydrogen) atoms. The number of nitrogens with zero attached hydrogens (tertiary/aromatic N) is 1. The molecule has 130 valence electrons. The molecule has 1 aliphatic heterocycles. The van der Waals surface area contributed by atoms with Crippen molar-refractivity contribution in [1.82, 2.24) is 5.43 Å². The highest BCUT2D eigenvalue weighted by Crippen LogP contribution is 2.23. The molecular weight excluding hydrogens is 336 g/mol. The van der Waals surface area contributed by atoms with E-state index < -0.39 is 6.10 Å². The molecule has 2 aromatic rings. The summed E-state index contributed by atoms with van der Waals surface area (Å²) >= 11 is 1.89. The molecule has 0 aliphatic carbocycles. The van der Waals surface area contributed by atoms with Crippen molar-refractivity contribution in [2.45, 2.75) is 12.2 Å². The summed E-state index contributed by atoms with van der Waals surface area (Å²) in [6.07, 6.45) is 1.24. The van der Waals surface area contributed by atoms with Gasteiger partial charge in [-0.05, 0) is 35.4 Å². The minimum Gasteiger partial charge on any atom is -0.489 e. The van der Waals surface area contributed by atoms with Crippen LogP contribution < -0.4 is 10.2 Å². The summed E-state index contributed by atoms with van der Waals surface area (Å²) < 4.78 is 11.1. The Morgan fingerprint density at radius 1 is 1.20 bits per heavy atom. The van der Waals surface area contributed by atoms with E-state index in [1.165, 1.54) is 7.11 Å². The standard InChI is InChI=1S/C19H20N2O3S/c1-23-18(15-5-3-2-4-6-15)19(22)21-20-11-14-7-9-16(10-8-14)24-17-12-25-13-17/h2-11,17-18H,12-13H2,1H3,(H,21,22). The fourth-order valence-corrected chi connectivity index (χ4v) is 2.92. The molecule has 1 saturated heterocycles. The zero-order valence-corrected chi connectivity index (χ0v) is 14.7. The zero-order valence-electron chi connectivity index (χ0n) is 13.9. The molecule has 1 fully saturated rings. The number of nitrogens with one attached hydrogen (secondary N) is 1. The summed E-state index contributed by atoms with van der Waals surface area (Å²) in [6, 6.07) is 16.9. The van der Waals surface area contributed by atoms with E-state index in [9.17, 15) is 4.79 Å². The van der Waals surface area contributed by atoms with E-state index in [2.05, 4.69) is 10.5 Å². The van der Waals surface area contributed by atoms with Crippen molar-refractivity contribution in [1.29, 1.82) is 0 Å². The van der Waals surface area contributed by atoms with Crippen LogP contribution in [0.5, 0.6) is 5.75 Å². The van der Waals surface area contributed by atoms with Gasteiger partial charge in [-0.3, -0.25) is 4.79 Å². The van der Waals surface area contributed by atoms with Crippen LogP contribution in [0.4, 0.5) is 0 Å². The van der Waals surface area contributed by atoms with E-state index in [-0.39, 0.29) is 5.91 Å². The largest absolute Gasteiger partial charge is 0.489 e. The second kappa shape index (κ2) is 8.69. The van der Waals surface area contributed by atoms with Crippen molar-refractivity contribution in [3.63, 3.8) is 0 Å². The van der Waals surface area contributed by atoms with E-state index in [0.717, 1.165) is 28.4 Å². The van der Waals surface area contributed by atoms with Crippen LogP contribution in [-0.4, -0.2) is 36.8 Å². The molecule has 1 amide bonds. The van der Waals surface area contributed by atoms with Crippen LogP contribution in [0.1, 0.15) is 17.2 Å². The summed E-state index contributed by atoms with van der Waals surface area (Å²) in [6.45, 7) is 0. The summed E-state index contributed by atoms with van der Waals surface area (Å²) in [5, 5.41) is 4.01. The summed E-state index contributed by atoms with van der Waals surface area (Å²) in [5.41, 5.74) is 4.18. The first kappa shape index (κ1) is 17.5. The molecule has 1 aliphatic rings. The molecule has 1 unspecified atom stereocenters. The van der Waals surface area contributed by atoms with Gasteiger partial charge in [-0.15, -0.1) is 0 Å². The second-order valence-electron chi connectivity index (χ2n) is 5.61. The molecule has 0 bridgehead atoms. The number of rotatable bonds is 7. The predicted octanol–water partition coefficient (Wildman–Crippen LogP) is 3.02. The topological polar surface area (TPSA) is 59.9 Å². The maximum Gasteiger partial charge on any atom is 0.273 e. The third-order valence-corrected chi connectivity index (χ3v) is 4.97. The molecule has 0 spiro atoms. The highest BCUT2D eigenvalue weighted by atomic mass is 32.2. The molecule has 2 aromatic carbocycles. The van der Waals surface area contributed by atoms with Crippen LogP contribution in [0, 0.1) is 0 Å². The quantitative estimate of drug-likeness (QED) is 0.612. The number of methoxy groups -OCH3 is 1. The average Bonchev–Trinajstić information content (AvgIpc) is 2.61. The predicted molar refractivity (Wildman–Crippen MR) is 100 cm³/mol. The van der Waals surface area contributed by atoms with Crippen LogP contribution in [0.2, 0.25) is 0 Å². The minimum absolute atomic E-state index is 0.313. The fraction of sp³-hybridized carbons (Fsp3) is 0.263. The number of thioether (sulfide) groups is 1. The van der Waals surface area contributed by atoms with Gasteiger partial charge in [0.15, 0.2) is 6.10 Å². The van der Waals surface area contributed by atoms with Crippen LogP contribution in [0.15, 0.2) is 59.7 Å². The molecule has 1 N–H and O–H groups in total. The Balaban J connectivity index is 1.53. The smallest absolute Gasteiger partial charge is 0.273 e. The van der Waals surface area contributed by atoms with Crippen LogP contribution in [0.3, 0.4) is 0 Å². The second-order valence-corrected chi connectivity index (χ2v) is 6.68. The molecule has 1 heterocycles. The highest BCUT2D eigenvalue weighted by molar-refractivity contribution is 8.00. The van der Waals surface area contributed by atoms with E-state index in [1.54, 1.807) is 6.21 Å². The van der Waals surface area contributed by atoms with Gasteiger partial charge in [-0.25, -0.2) is 5.43 Å². The summed E-state index contributed by atoms with van der Waals surface area (Å²) in [7, 11) is 1.50. The molecule has 0 radical (unpaired) electrons. The third kappa shape index (κ3) is 4.84. The van der Waals surface area contributed by atoms with Gasteiger partial charge in [-0.1, -0.05) is 30.3 Å². The fourth-order valence-electron chi connectivity index (χ4n) is 2.36. The van der Waals surface area contributed by atoms with E-state index in [1.807, 2.05) is 66.4 Å². The molecule has 5 nitrogen and oxygen atoms in total. The van der Waals surface area contributed by atoms with E-state index >= 15 is 0 Å². The Kier molecular flexibility index (Phi) is 6.09. The lowest BCUT2D eigenvalue weighted by Crippen LogP contribution is -2.30. The maximum absolute atomic E-state index is 12.2. The molecular formula is C19H20N2O3S. The maximum atomic E-state index is 12.2. The summed E-state index contributed by atoms with van der Waals surface area (Å²) in [4.78, 5) is 12.2. The van der Waals surface area contributed by atoms with Crippen molar-refractivity contribution in [3.8, 4) is 5.75 Å². The van der Waals surface area contributed by atoms with E-state index in [0.29, 0.717) is 6.10 Å². The Morgan fingerprint density at radius 3 is 2.52 bits per heavy atom. The summed E-state index contributed by atoms with van der Waals surface area (Å²) in [5.74, 6) is 2.65. The van der Waals surface area contributed by atoms with Crippen LogP contribution >= 0.6 is 11.8 Å². The Hall–Kier alpha value is -2.31. The average molecular weight is 356 g/mol. The molecule has 1 atom stereocenters. The number of hydrogen-bond acceptors (Lipinski definition) is 5. The van der Waals surface area contributed by atoms with Gasteiger partial charge < -0.3 is 9.47 Å². The van der Waals surface area contributed by atoms with Gasteiger partial charge in [0.05, 0.1) is 6.21 Å². The van der Waals surface area contributed by atoms with Gasteiger partial charge in [-0.2, -0.15) is 16.9 Å². The lowest BCUT2D eigenvalue weighted by atomic mass is 10.1. The Bertz CT molecular complexity index is 715. The Labute approximate surface area is 151 Å². The molecule has 0 saturated carbocycles. The zero-order chi connectivity index (χ0) is 17.5. The number of carbonyl (C=O) groups excluding carboxylic acids is 1. The van der Waals surface area contributed by atoms with Crippen molar-refractivity contribution < 1.29 is 14.3 Å². The first-order valence-electron chi connectivity index (χ1n) is 8.01. The van der Waals surface area contributed by atoms with Gasteiger partial charge in [0, 0.05) is 18.6 Å². The number of carbonyl (C=O) groups is 1. The minimum atomic E-state index is -0.686. The number of ether oxygens (including phenoxy) is 2. The van der Waals surface area contributed by atoms with Crippen molar-refractivity contribution >= 4 is 23.9 Å². The van der Waals surface area contributed by atoms with Gasteiger partial charge in [0.1, 0.15) is 11.9 Å². The third-order valence-electron chi connectivity index (χ3n) is 3.75. The normalized spacial score (nSPS) is 15.6. The number of benzene rings is 2. The van der Waals surface area contributed by atoms with Gasteiger partial charge in [0.25, 0.3) is 5.91 Å². The number of amides is 1. The van der Waals surface area contributed by atoms with E-state index in [4.69, 9.17) is 9.47 Å². The Morgan fingerprint density at radius 2 is 1.92 bits per heavy atom. The van der Waals surface area contributed by atoms with Crippen molar-refractivity contribution in [2.24, 2.45) is 5.10 Å². The monoisotopic (exact) mass is 356 g/mol. The highest BCUT2D eigenvalue weighted by Gasteiger charge is 2.20. The molecule has 0 aromatic heterocycles.